The fourth-order valence-corrected chi connectivity index (χ4v) is 1.42. The molecular formula is C8H18N2S. The average Bonchev–Trinajstić information content (AvgIpc) is 2.03. The van der Waals surface area contributed by atoms with E-state index < -0.39 is 0 Å². The van der Waals surface area contributed by atoms with Gasteiger partial charge in [0.2, 0.25) is 0 Å². The predicted octanol–water partition coefficient (Wildman–Crippen LogP) is 2.41. The summed E-state index contributed by atoms with van der Waals surface area (Å²) >= 11 is 1.52. The lowest BCUT2D eigenvalue weighted by Crippen LogP contribution is -2.29. The minimum Gasteiger partial charge on any atom is -0.352 e. The molecule has 0 saturated heterocycles. The molecule has 2 nitrogen and oxygen atoms in total. The Kier molecular flexibility index (Phi) is 6.42. The Balaban J connectivity index is 3.76. The van der Waals surface area contributed by atoms with Crippen molar-refractivity contribution in [2.24, 2.45) is 0 Å². The average molecular weight is 174 g/mol. The molecule has 3 heteroatoms. The molecule has 0 aliphatic heterocycles. The molecule has 0 heterocycles. The van der Waals surface area contributed by atoms with Crippen molar-refractivity contribution in [3.63, 3.8) is 0 Å². The van der Waals surface area contributed by atoms with Crippen LogP contribution in [0.5, 0.6) is 0 Å². The molecule has 0 amide bonds. The summed E-state index contributed by atoms with van der Waals surface area (Å²) in [6, 6.07) is 0. The van der Waals surface area contributed by atoms with Gasteiger partial charge in [-0.3, -0.25) is 5.41 Å². The lowest BCUT2D eigenvalue weighted by Gasteiger charge is -2.22. The maximum absolute atomic E-state index is 7.59. The lowest BCUT2D eigenvalue weighted by molar-refractivity contribution is 0.422. The Hall–Kier alpha value is -0.180. The van der Waals surface area contributed by atoms with Crippen molar-refractivity contribution < 1.29 is 0 Å². The van der Waals surface area contributed by atoms with Crippen LogP contribution in [-0.4, -0.2) is 29.4 Å². The molecule has 0 aliphatic carbocycles. The van der Waals surface area contributed by atoms with Crippen molar-refractivity contribution in [3.05, 3.63) is 0 Å². The topological polar surface area (TPSA) is 27.1 Å². The molecule has 0 aromatic carbocycles. The molecule has 0 spiro atoms. The molecule has 0 atom stereocenters. The highest BCUT2D eigenvalue weighted by Gasteiger charge is 2.04. The molecule has 0 bridgehead atoms. The van der Waals surface area contributed by atoms with Gasteiger partial charge >= 0.3 is 0 Å². The van der Waals surface area contributed by atoms with Gasteiger partial charge in [-0.25, -0.2) is 0 Å². The third kappa shape index (κ3) is 4.30. The van der Waals surface area contributed by atoms with Crippen molar-refractivity contribution in [2.75, 3.05) is 19.3 Å². The summed E-state index contributed by atoms with van der Waals surface area (Å²) in [7, 11) is 0. The third-order valence-corrected chi connectivity index (χ3v) is 2.11. The lowest BCUT2D eigenvalue weighted by atomic mass is 10.4. The van der Waals surface area contributed by atoms with E-state index in [-0.39, 0.29) is 0 Å². The molecule has 11 heavy (non-hydrogen) atoms. The summed E-state index contributed by atoms with van der Waals surface area (Å²) < 4.78 is 0. The number of rotatable bonds is 4. The van der Waals surface area contributed by atoms with Gasteiger partial charge in [-0.05, 0) is 19.1 Å². The van der Waals surface area contributed by atoms with Gasteiger partial charge < -0.3 is 4.90 Å². The monoisotopic (exact) mass is 174 g/mol. The number of amidine groups is 1. The van der Waals surface area contributed by atoms with Gasteiger partial charge in [-0.1, -0.05) is 25.6 Å². The van der Waals surface area contributed by atoms with E-state index in [1.54, 1.807) is 0 Å². The second-order valence-electron chi connectivity index (χ2n) is 2.50. The van der Waals surface area contributed by atoms with E-state index in [0.717, 1.165) is 25.9 Å². The molecule has 0 rings (SSSR count). The number of nitrogens with one attached hydrogen (secondary N) is 1. The Morgan fingerprint density at radius 1 is 1.27 bits per heavy atom. The van der Waals surface area contributed by atoms with E-state index in [9.17, 15) is 0 Å². The van der Waals surface area contributed by atoms with Crippen molar-refractivity contribution in [2.45, 2.75) is 26.7 Å². The normalized spacial score (nSPS) is 9.73. The summed E-state index contributed by atoms with van der Waals surface area (Å²) in [6.07, 6.45) is 4.21. The highest BCUT2D eigenvalue weighted by Crippen LogP contribution is 2.04. The highest BCUT2D eigenvalue weighted by atomic mass is 32.2. The second-order valence-corrected chi connectivity index (χ2v) is 3.29. The summed E-state index contributed by atoms with van der Waals surface area (Å²) in [5.74, 6) is 0. The summed E-state index contributed by atoms with van der Waals surface area (Å²) in [5.41, 5.74) is 0. The summed E-state index contributed by atoms with van der Waals surface area (Å²) in [6.45, 7) is 6.34. The molecule has 0 aromatic heterocycles. The predicted molar refractivity (Wildman–Crippen MR) is 53.4 cm³/mol. The quantitative estimate of drug-likeness (QED) is 0.523. The maximum Gasteiger partial charge on any atom is 0.156 e. The van der Waals surface area contributed by atoms with Gasteiger partial charge in [0.1, 0.15) is 0 Å². The Morgan fingerprint density at radius 2 is 1.73 bits per heavy atom. The highest BCUT2D eigenvalue weighted by molar-refractivity contribution is 8.13. The van der Waals surface area contributed by atoms with E-state index in [4.69, 9.17) is 5.41 Å². The molecule has 0 unspecified atom stereocenters. The minimum atomic E-state index is 0.703. The van der Waals surface area contributed by atoms with Gasteiger partial charge in [-0.2, -0.15) is 0 Å². The van der Waals surface area contributed by atoms with Crippen LogP contribution in [0.3, 0.4) is 0 Å². The van der Waals surface area contributed by atoms with Crippen LogP contribution in [0.1, 0.15) is 26.7 Å². The Labute approximate surface area is 73.9 Å². The number of hydrogen-bond donors (Lipinski definition) is 1. The third-order valence-electron chi connectivity index (χ3n) is 1.47. The standard InChI is InChI=1S/C8H18N2S/c1-4-6-10(7-5-2)8(9)11-3/h9H,4-7H2,1-3H3. The molecule has 0 radical (unpaired) electrons. The van der Waals surface area contributed by atoms with E-state index in [1.165, 1.54) is 11.8 Å². The molecule has 1 N–H and O–H groups in total. The van der Waals surface area contributed by atoms with Crippen LogP contribution in [0.2, 0.25) is 0 Å². The Bertz CT molecular complexity index is 109. The van der Waals surface area contributed by atoms with Crippen LogP contribution < -0.4 is 0 Å². The zero-order valence-corrected chi connectivity index (χ0v) is 8.50. The van der Waals surface area contributed by atoms with E-state index >= 15 is 0 Å². The largest absolute Gasteiger partial charge is 0.352 e. The second kappa shape index (κ2) is 6.53. The molecule has 0 aromatic rings. The molecular weight excluding hydrogens is 156 g/mol. The molecule has 0 aliphatic rings. The first-order valence-electron chi connectivity index (χ1n) is 4.13. The fraction of sp³-hybridized carbons (Fsp3) is 0.875. The SMILES string of the molecule is CCCN(CCC)C(=N)SC. The van der Waals surface area contributed by atoms with Gasteiger partial charge in [0.25, 0.3) is 0 Å². The van der Waals surface area contributed by atoms with E-state index in [1.807, 2.05) is 6.26 Å². The van der Waals surface area contributed by atoms with Crippen LogP contribution in [0, 0.1) is 5.41 Å². The van der Waals surface area contributed by atoms with Crippen molar-refractivity contribution >= 4 is 16.9 Å². The zero-order valence-electron chi connectivity index (χ0n) is 7.68. The number of thioether (sulfide) groups is 1. The van der Waals surface area contributed by atoms with Gasteiger partial charge in [0, 0.05) is 13.1 Å². The summed E-state index contributed by atoms with van der Waals surface area (Å²) in [4.78, 5) is 2.13. The Morgan fingerprint density at radius 3 is 2.00 bits per heavy atom. The molecule has 66 valence electrons. The maximum atomic E-state index is 7.59. The molecule has 0 fully saturated rings. The first kappa shape index (κ1) is 10.8. The first-order chi connectivity index (χ1) is 5.26. The smallest absolute Gasteiger partial charge is 0.156 e. The van der Waals surface area contributed by atoms with E-state index in [0.29, 0.717) is 5.17 Å². The molecule has 0 saturated carbocycles. The number of nitrogens with zero attached hydrogens (tertiary/aromatic N) is 1. The van der Waals surface area contributed by atoms with Crippen LogP contribution in [0.25, 0.3) is 0 Å². The van der Waals surface area contributed by atoms with Crippen LogP contribution in [0.15, 0.2) is 0 Å². The fourth-order valence-electron chi connectivity index (χ4n) is 0.984. The first-order valence-corrected chi connectivity index (χ1v) is 5.36. The van der Waals surface area contributed by atoms with Gasteiger partial charge in [0.15, 0.2) is 5.17 Å². The van der Waals surface area contributed by atoms with Crippen molar-refractivity contribution in [1.29, 1.82) is 5.41 Å². The van der Waals surface area contributed by atoms with Crippen LogP contribution in [-0.2, 0) is 0 Å². The van der Waals surface area contributed by atoms with Crippen molar-refractivity contribution in [3.8, 4) is 0 Å². The number of hydrogen-bond acceptors (Lipinski definition) is 2. The van der Waals surface area contributed by atoms with E-state index in [2.05, 4.69) is 18.7 Å². The van der Waals surface area contributed by atoms with Crippen molar-refractivity contribution in [1.82, 2.24) is 4.90 Å². The van der Waals surface area contributed by atoms with Crippen LogP contribution in [0.4, 0.5) is 0 Å². The van der Waals surface area contributed by atoms with Gasteiger partial charge in [0.05, 0.1) is 0 Å². The summed E-state index contributed by atoms with van der Waals surface area (Å²) in [5, 5.41) is 8.29. The zero-order chi connectivity index (χ0) is 8.69. The van der Waals surface area contributed by atoms with Crippen LogP contribution >= 0.6 is 11.8 Å². The van der Waals surface area contributed by atoms with Gasteiger partial charge in [-0.15, -0.1) is 0 Å². The minimum absolute atomic E-state index is 0.703.